The van der Waals surface area contributed by atoms with Gasteiger partial charge >= 0.3 is 0 Å². The Bertz CT molecular complexity index is 443. The zero-order valence-corrected chi connectivity index (χ0v) is 13.0. The maximum atomic E-state index is 12.3. The highest BCUT2D eigenvalue weighted by Gasteiger charge is 2.27. The molecule has 1 aliphatic heterocycles. The largest absolute Gasteiger partial charge is 0.339 e. The van der Waals surface area contributed by atoms with Crippen molar-refractivity contribution in [3.05, 3.63) is 30.1 Å². The minimum Gasteiger partial charge on any atom is -0.339 e. The Morgan fingerprint density at radius 2 is 2.05 bits per heavy atom. The molecule has 1 aromatic rings. The van der Waals surface area contributed by atoms with Crippen LogP contribution in [0.1, 0.15) is 26.0 Å². The first-order valence-electron chi connectivity index (χ1n) is 7.78. The van der Waals surface area contributed by atoms with E-state index in [9.17, 15) is 4.79 Å². The van der Waals surface area contributed by atoms with E-state index in [2.05, 4.69) is 16.8 Å². The molecule has 2 heterocycles. The van der Waals surface area contributed by atoms with Gasteiger partial charge in [0.1, 0.15) is 0 Å². The van der Waals surface area contributed by atoms with Crippen LogP contribution < -0.4 is 5.73 Å². The predicted octanol–water partition coefficient (Wildman–Crippen LogP) is 1.10. The van der Waals surface area contributed by atoms with E-state index in [1.165, 1.54) is 0 Å². The highest BCUT2D eigenvalue weighted by Crippen LogP contribution is 2.12. The van der Waals surface area contributed by atoms with Crippen LogP contribution in [0.15, 0.2) is 24.4 Å². The summed E-state index contributed by atoms with van der Waals surface area (Å²) in [6, 6.07) is 5.61. The molecular formula is C16H26N4O. The lowest BCUT2D eigenvalue weighted by atomic mass is 9.98. The van der Waals surface area contributed by atoms with Crippen LogP contribution in [0.4, 0.5) is 0 Å². The van der Waals surface area contributed by atoms with Gasteiger partial charge in [0.2, 0.25) is 5.91 Å². The van der Waals surface area contributed by atoms with E-state index < -0.39 is 0 Å². The molecule has 116 valence electrons. The fraction of sp³-hybridized carbons (Fsp3) is 0.625. The molecule has 2 atom stereocenters. The fourth-order valence-corrected chi connectivity index (χ4v) is 2.56. The first-order chi connectivity index (χ1) is 10.1. The van der Waals surface area contributed by atoms with Gasteiger partial charge in [-0.25, -0.2) is 0 Å². The summed E-state index contributed by atoms with van der Waals surface area (Å²) in [4.78, 5) is 20.9. The van der Waals surface area contributed by atoms with Crippen molar-refractivity contribution in [1.82, 2.24) is 14.8 Å². The molecule has 2 rings (SSSR count). The standard InChI is InChI=1S/C16H26N4O/c1-3-13(2)15(17)16(21)20-10-8-19(9-11-20)12-14-6-4-5-7-18-14/h4-7,13,15H,3,8-12,17H2,1-2H3/t13?,15-/m0/s1. The van der Waals surface area contributed by atoms with Crippen molar-refractivity contribution in [2.75, 3.05) is 26.2 Å². The van der Waals surface area contributed by atoms with Gasteiger partial charge in [0.15, 0.2) is 0 Å². The van der Waals surface area contributed by atoms with E-state index in [4.69, 9.17) is 5.73 Å². The van der Waals surface area contributed by atoms with Crippen LogP contribution in [0, 0.1) is 5.92 Å². The Labute approximate surface area is 127 Å². The third-order valence-electron chi connectivity index (χ3n) is 4.34. The SMILES string of the molecule is CCC(C)[C@H](N)C(=O)N1CCN(Cc2ccccn2)CC1. The molecule has 0 radical (unpaired) electrons. The average Bonchev–Trinajstić information content (AvgIpc) is 2.54. The summed E-state index contributed by atoms with van der Waals surface area (Å²) < 4.78 is 0. The monoisotopic (exact) mass is 290 g/mol. The summed E-state index contributed by atoms with van der Waals surface area (Å²) >= 11 is 0. The molecule has 5 heteroatoms. The van der Waals surface area contributed by atoms with Crippen LogP contribution in [0.5, 0.6) is 0 Å². The molecule has 1 aliphatic rings. The first kappa shape index (κ1) is 15.9. The summed E-state index contributed by atoms with van der Waals surface area (Å²) in [5.74, 6) is 0.339. The summed E-state index contributed by atoms with van der Waals surface area (Å²) in [5.41, 5.74) is 7.12. The summed E-state index contributed by atoms with van der Waals surface area (Å²) in [6.07, 6.45) is 2.76. The van der Waals surface area contributed by atoms with Gasteiger partial charge in [0, 0.05) is 38.9 Å². The van der Waals surface area contributed by atoms with E-state index >= 15 is 0 Å². The van der Waals surface area contributed by atoms with Crippen molar-refractivity contribution in [2.45, 2.75) is 32.9 Å². The van der Waals surface area contributed by atoms with Crippen LogP contribution in [-0.2, 0) is 11.3 Å². The van der Waals surface area contributed by atoms with Gasteiger partial charge in [0.05, 0.1) is 11.7 Å². The van der Waals surface area contributed by atoms with Crippen molar-refractivity contribution in [3.63, 3.8) is 0 Å². The molecule has 1 fully saturated rings. The van der Waals surface area contributed by atoms with Gasteiger partial charge in [-0.1, -0.05) is 26.3 Å². The number of carbonyl (C=O) groups is 1. The lowest BCUT2D eigenvalue weighted by Gasteiger charge is -2.36. The van der Waals surface area contributed by atoms with Gasteiger partial charge in [-0.2, -0.15) is 0 Å². The van der Waals surface area contributed by atoms with E-state index in [1.54, 1.807) is 0 Å². The normalized spacial score (nSPS) is 19.3. The molecule has 1 unspecified atom stereocenters. The Kier molecular flexibility index (Phi) is 5.70. The summed E-state index contributed by atoms with van der Waals surface area (Å²) in [6.45, 7) is 8.25. The van der Waals surface area contributed by atoms with Gasteiger partial charge < -0.3 is 10.6 Å². The topological polar surface area (TPSA) is 62.5 Å². The number of hydrogen-bond acceptors (Lipinski definition) is 4. The highest BCUT2D eigenvalue weighted by molar-refractivity contribution is 5.82. The van der Waals surface area contributed by atoms with Crippen molar-refractivity contribution in [1.29, 1.82) is 0 Å². The third-order valence-corrected chi connectivity index (χ3v) is 4.34. The van der Waals surface area contributed by atoms with Crippen molar-refractivity contribution in [2.24, 2.45) is 11.7 Å². The smallest absolute Gasteiger partial charge is 0.239 e. The van der Waals surface area contributed by atoms with Gasteiger partial charge in [-0.3, -0.25) is 14.7 Å². The number of rotatable bonds is 5. The lowest BCUT2D eigenvalue weighted by Crippen LogP contribution is -2.54. The van der Waals surface area contributed by atoms with Gasteiger partial charge in [-0.05, 0) is 18.1 Å². The van der Waals surface area contributed by atoms with Gasteiger partial charge in [-0.15, -0.1) is 0 Å². The molecule has 0 aromatic carbocycles. The molecule has 0 spiro atoms. The van der Waals surface area contributed by atoms with Crippen LogP contribution >= 0.6 is 0 Å². The molecule has 0 bridgehead atoms. The second-order valence-electron chi connectivity index (χ2n) is 5.83. The molecule has 1 aromatic heterocycles. The van der Waals surface area contributed by atoms with Crippen LogP contribution in [0.2, 0.25) is 0 Å². The Balaban J connectivity index is 1.81. The Morgan fingerprint density at radius 3 is 2.62 bits per heavy atom. The Morgan fingerprint density at radius 1 is 1.33 bits per heavy atom. The Hall–Kier alpha value is -1.46. The maximum absolute atomic E-state index is 12.3. The summed E-state index contributed by atoms with van der Waals surface area (Å²) in [5, 5.41) is 0. The van der Waals surface area contributed by atoms with E-state index in [-0.39, 0.29) is 17.9 Å². The number of piperazine rings is 1. The maximum Gasteiger partial charge on any atom is 0.239 e. The van der Waals surface area contributed by atoms with Crippen LogP contribution in [0.3, 0.4) is 0 Å². The minimum atomic E-state index is -0.364. The third kappa shape index (κ3) is 4.25. The number of carbonyl (C=O) groups excluding carboxylic acids is 1. The quantitative estimate of drug-likeness (QED) is 0.882. The molecule has 0 aliphatic carbocycles. The number of amides is 1. The first-order valence-corrected chi connectivity index (χ1v) is 7.78. The molecule has 0 saturated carbocycles. The minimum absolute atomic E-state index is 0.0989. The van der Waals surface area contributed by atoms with Crippen LogP contribution in [-0.4, -0.2) is 52.9 Å². The highest BCUT2D eigenvalue weighted by atomic mass is 16.2. The second-order valence-corrected chi connectivity index (χ2v) is 5.83. The number of aromatic nitrogens is 1. The zero-order valence-electron chi connectivity index (χ0n) is 13.0. The van der Waals surface area contributed by atoms with E-state index in [0.717, 1.165) is 44.8 Å². The number of pyridine rings is 1. The van der Waals surface area contributed by atoms with Crippen molar-refractivity contribution >= 4 is 5.91 Å². The van der Waals surface area contributed by atoms with Gasteiger partial charge in [0.25, 0.3) is 0 Å². The molecular weight excluding hydrogens is 264 g/mol. The molecule has 5 nitrogen and oxygen atoms in total. The predicted molar refractivity (Wildman–Crippen MR) is 83.5 cm³/mol. The number of hydrogen-bond donors (Lipinski definition) is 1. The number of nitrogens with two attached hydrogens (primary N) is 1. The van der Waals surface area contributed by atoms with E-state index in [1.807, 2.05) is 36.2 Å². The van der Waals surface area contributed by atoms with E-state index in [0.29, 0.717) is 0 Å². The molecule has 1 amide bonds. The van der Waals surface area contributed by atoms with Crippen molar-refractivity contribution < 1.29 is 4.79 Å². The summed E-state index contributed by atoms with van der Waals surface area (Å²) in [7, 11) is 0. The molecule has 1 saturated heterocycles. The lowest BCUT2D eigenvalue weighted by molar-refractivity contribution is -0.135. The molecule has 2 N–H and O–H groups in total. The second kappa shape index (κ2) is 7.52. The average molecular weight is 290 g/mol. The van der Waals surface area contributed by atoms with Crippen molar-refractivity contribution in [3.8, 4) is 0 Å². The number of nitrogens with zero attached hydrogens (tertiary/aromatic N) is 3. The zero-order chi connectivity index (χ0) is 15.2. The van der Waals surface area contributed by atoms with Crippen LogP contribution in [0.25, 0.3) is 0 Å². The molecule has 21 heavy (non-hydrogen) atoms. The fourth-order valence-electron chi connectivity index (χ4n) is 2.56.